The highest BCUT2D eigenvalue weighted by Gasteiger charge is 2.09. The van der Waals surface area contributed by atoms with Gasteiger partial charge in [0.2, 0.25) is 0 Å². The molecule has 0 saturated heterocycles. The van der Waals surface area contributed by atoms with Crippen molar-refractivity contribution >= 4 is 15.9 Å². The molecule has 1 aromatic carbocycles. The van der Waals surface area contributed by atoms with Crippen molar-refractivity contribution in [2.24, 2.45) is 5.73 Å². The Morgan fingerprint density at radius 2 is 2.13 bits per heavy atom. The molecular weight excluding hydrogens is 261 g/mol. The van der Waals surface area contributed by atoms with Crippen molar-refractivity contribution in [2.75, 3.05) is 13.7 Å². The lowest BCUT2D eigenvalue weighted by Gasteiger charge is -2.10. The lowest BCUT2D eigenvalue weighted by Crippen LogP contribution is -2.00. The van der Waals surface area contributed by atoms with Gasteiger partial charge in [-0.05, 0) is 59.4 Å². The summed E-state index contributed by atoms with van der Waals surface area (Å²) in [6, 6.07) is 2.92. The molecule has 0 aliphatic heterocycles. The van der Waals surface area contributed by atoms with Gasteiger partial charge in [0.05, 0.1) is 11.6 Å². The first-order valence-corrected chi connectivity index (χ1v) is 5.70. The average Bonchev–Trinajstić information content (AvgIpc) is 2.17. The summed E-state index contributed by atoms with van der Waals surface area (Å²) in [5.41, 5.74) is 6.30. The zero-order valence-corrected chi connectivity index (χ0v) is 10.3. The summed E-state index contributed by atoms with van der Waals surface area (Å²) in [5, 5.41) is 0. The predicted octanol–water partition coefficient (Wildman–Crippen LogP) is 2.88. The van der Waals surface area contributed by atoms with Crippen molar-refractivity contribution in [1.29, 1.82) is 0 Å². The van der Waals surface area contributed by atoms with E-state index in [9.17, 15) is 4.39 Å². The summed E-state index contributed by atoms with van der Waals surface area (Å²) in [6.07, 6.45) is 2.68. The second-order valence-electron chi connectivity index (χ2n) is 3.33. The number of benzene rings is 1. The van der Waals surface area contributed by atoms with Gasteiger partial charge in [0.15, 0.2) is 0 Å². The number of methoxy groups -OCH3 is 1. The third-order valence-corrected chi connectivity index (χ3v) is 2.78. The van der Waals surface area contributed by atoms with Crippen LogP contribution >= 0.6 is 15.9 Å². The van der Waals surface area contributed by atoms with Crippen LogP contribution in [-0.4, -0.2) is 13.7 Å². The molecule has 0 radical (unpaired) electrons. The molecule has 0 aromatic heterocycles. The Balaban J connectivity index is 2.84. The van der Waals surface area contributed by atoms with E-state index in [2.05, 4.69) is 15.9 Å². The quantitative estimate of drug-likeness (QED) is 0.839. The first-order valence-electron chi connectivity index (χ1n) is 4.91. The molecule has 0 aliphatic carbocycles. The molecular formula is C11H15BrFNO. The van der Waals surface area contributed by atoms with Crippen LogP contribution in [0.1, 0.15) is 18.4 Å². The van der Waals surface area contributed by atoms with Gasteiger partial charge in [-0.1, -0.05) is 0 Å². The van der Waals surface area contributed by atoms with Gasteiger partial charge in [-0.15, -0.1) is 0 Å². The Labute approximate surface area is 97.7 Å². The lowest BCUT2D eigenvalue weighted by atomic mass is 10.1. The minimum atomic E-state index is -0.245. The molecule has 0 bridgehead atoms. The van der Waals surface area contributed by atoms with Crippen molar-refractivity contribution in [2.45, 2.75) is 19.3 Å². The van der Waals surface area contributed by atoms with Crippen LogP contribution in [0, 0.1) is 5.82 Å². The lowest BCUT2D eigenvalue weighted by molar-refractivity contribution is 0.404. The van der Waals surface area contributed by atoms with Crippen molar-refractivity contribution in [3.63, 3.8) is 0 Å². The number of aryl methyl sites for hydroxylation is 1. The van der Waals surface area contributed by atoms with E-state index in [4.69, 9.17) is 10.5 Å². The Hall–Kier alpha value is -0.610. The minimum absolute atomic E-state index is 0.245. The first kappa shape index (κ1) is 12.5. The fourth-order valence-electron chi connectivity index (χ4n) is 1.49. The fraction of sp³-hybridized carbons (Fsp3) is 0.455. The number of hydrogen-bond donors (Lipinski definition) is 1. The highest BCUT2D eigenvalue weighted by atomic mass is 79.9. The molecule has 1 rings (SSSR count). The van der Waals surface area contributed by atoms with E-state index >= 15 is 0 Å². The van der Waals surface area contributed by atoms with E-state index in [0.717, 1.165) is 24.8 Å². The maximum Gasteiger partial charge on any atom is 0.136 e. The molecule has 4 heteroatoms. The molecule has 15 heavy (non-hydrogen) atoms. The van der Waals surface area contributed by atoms with E-state index in [1.807, 2.05) is 0 Å². The maximum atomic E-state index is 13.1. The van der Waals surface area contributed by atoms with Crippen LogP contribution in [-0.2, 0) is 6.42 Å². The third kappa shape index (κ3) is 3.47. The summed E-state index contributed by atoms with van der Waals surface area (Å²) in [7, 11) is 1.59. The number of halogens is 2. The highest BCUT2D eigenvalue weighted by Crippen LogP contribution is 2.31. The van der Waals surface area contributed by atoms with E-state index in [1.54, 1.807) is 7.11 Å². The van der Waals surface area contributed by atoms with Crippen molar-refractivity contribution in [3.05, 3.63) is 28.0 Å². The van der Waals surface area contributed by atoms with Gasteiger partial charge in [0.25, 0.3) is 0 Å². The molecule has 0 spiro atoms. The van der Waals surface area contributed by atoms with Crippen molar-refractivity contribution in [1.82, 2.24) is 0 Å². The monoisotopic (exact) mass is 275 g/mol. The highest BCUT2D eigenvalue weighted by molar-refractivity contribution is 9.10. The maximum absolute atomic E-state index is 13.1. The SMILES string of the molecule is COc1c(Br)cc(F)cc1CCCCN. The summed E-state index contributed by atoms with van der Waals surface area (Å²) >= 11 is 3.28. The molecule has 2 N–H and O–H groups in total. The molecule has 0 heterocycles. The predicted molar refractivity (Wildman–Crippen MR) is 62.6 cm³/mol. The number of nitrogens with two attached hydrogens (primary N) is 1. The van der Waals surface area contributed by atoms with Gasteiger partial charge >= 0.3 is 0 Å². The number of unbranched alkanes of at least 4 members (excludes halogenated alkanes) is 1. The second-order valence-corrected chi connectivity index (χ2v) is 4.18. The van der Waals surface area contributed by atoms with Crippen LogP contribution < -0.4 is 10.5 Å². The molecule has 0 aliphatic rings. The number of ether oxygens (including phenoxy) is 1. The van der Waals surface area contributed by atoms with Gasteiger partial charge in [0.1, 0.15) is 11.6 Å². The molecule has 84 valence electrons. The zero-order valence-electron chi connectivity index (χ0n) is 8.72. The molecule has 0 unspecified atom stereocenters. The summed E-state index contributed by atoms with van der Waals surface area (Å²) < 4.78 is 19.0. The van der Waals surface area contributed by atoms with Crippen LogP contribution in [0.3, 0.4) is 0 Å². The number of hydrogen-bond acceptors (Lipinski definition) is 2. The Morgan fingerprint density at radius 1 is 1.40 bits per heavy atom. The van der Waals surface area contributed by atoms with Crippen molar-refractivity contribution < 1.29 is 9.13 Å². The molecule has 0 saturated carbocycles. The summed E-state index contributed by atoms with van der Waals surface area (Å²) in [6.45, 7) is 0.665. The van der Waals surface area contributed by atoms with Crippen LogP contribution in [0.25, 0.3) is 0 Å². The van der Waals surface area contributed by atoms with E-state index < -0.39 is 0 Å². The Bertz CT molecular complexity index is 331. The van der Waals surface area contributed by atoms with Gasteiger partial charge in [0, 0.05) is 0 Å². The van der Waals surface area contributed by atoms with Gasteiger partial charge in [-0.3, -0.25) is 0 Å². The van der Waals surface area contributed by atoms with E-state index in [1.165, 1.54) is 12.1 Å². The normalized spacial score (nSPS) is 10.4. The van der Waals surface area contributed by atoms with Crippen LogP contribution in [0.4, 0.5) is 4.39 Å². The molecule has 1 aromatic rings. The largest absolute Gasteiger partial charge is 0.495 e. The van der Waals surface area contributed by atoms with Gasteiger partial charge in [-0.2, -0.15) is 0 Å². The Kier molecular flexibility index (Phi) is 5.05. The number of rotatable bonds is 5. The summed E-state index contributed by atoms with van der Waals surface area (Å²) in [5.74, 6) is 0.471. The topological polar surface area (TPSA) is 35.2 Å². The smallest absolute Gasteiger partial charge is 0.136 e. The van der Waals surface area contributed by atoms with Gasteiger partial charge < -0.3 is 10.5 Å². The molecule has 0 atom stereocenters. The second kappa shape index (κ2) is 6.08. The van der Waals surface area contributed by atoms with E-state index in [0.29, 0.717) is 16.8 Å². The third-order valence-electron chi connectivity index (χ3n) is 2.19. The van der Waals surface area contributed by atoms with Crippen LogP contribution in [0.5, 0.6) is 5.75 Å². The standard InChI is InChI=1S/C11H15BrFNO/c1-15-11-8(4-2-3-5-14)6-9(13)7-10(11)12/h6-7H,2-5,14H2,1H3. The van der Waals surface area contributed by atoms with Gasteiger partial charge in [-0.25, -0.2) is 4.39 Å². The molecule has 2 nitrogen and oxygen atoms in total. The van der Waals surface area contributed by atoms with E-state index in [-0.39, 0.29) is 5.82 Å². The zero-order chi connectivity index (χ0) is 11.3. The Morgan fingerprint density at radius 3 is 2.73 bits per heavy atom. The first-order chi connectivity index (χ1) is 7.19. The van der Waals surface area contributed by atoms with Crippen molar-refractivity contribution in [3.8, 4) is 5.75 Å². The van der Waals surface area contributed by atoms with Crippen LogP contribution in [0.2, 0.25) is 0 Å². The average molecular weight is 276 g/mol. The minimum Gasteiger partial charge on any atom is -0.495 e. The molecule has 0 fully saturated rings. The summed E-state index contributed by atoms with van der Waals surface area (Å²) in [4.78, 5) is 0. The van der Waals surface area contributed by atoms with Crippen LogP contribution in [0.15, 0.2) is 16.6 Å². The fourth-order valence-corrected chi connectivity index (χ4v) is 2.12. The molecule has 0 amide bonds.